The number of carbonyl (C=O) groups is 2. The van der Waals surface area contributed by atoms with Gasteiger partial charge < -0.3 is 24.4 Å². The van der Waals surface area contributed by atoms with Crippen LogP contribution in [-0.2, 0) is 20.8 Å². The molecule has 3 rings (SSSR count). The van der Waals surface area contributed by atoms with Gasteiger partial charge in [0.05, 0.1) is 24.3 Å². The second-order valence-electron chi connectivity index (χ2n) is 7.40. The number of hydrogen-bond acceptors (Lipinski definition) is 7. The average molecular weight is 428 g/mol. The molecule has 1 aromatic heterocycles. The number of amides is 1. The van der Waals surface area contributed by atoms with E-state index >= 15 is 0 Å². The standard InChI is InChI=1S/C23H29N3O5/c1-4-30-22(27)18-12-21(24-13-16(18)2)26-11-10-19(20(14-26)29-3)25-23(28)31-15-17-8-6-5-7-9-17/h5-9,12-13,19-20H,4,10-11,14-15H2,1-3H3,(H,25,28). The lowest BCUT2D eigenvalue weighted by atomic mass is 10.0. The third kappa shape index (κ3) is 5.95. The zero-order valence-corrected chi connectivity index (χ0v) is 18.2. The van der Waals surface area contributed by atoms with Crippen LogP contribution in [0.2, 0.25) is 0 Å². The van der Waals surface area contributed by atoms with E-state index in [9.17, 15) is 9.59 Å². The van der Waals surface area contributed by atoms with Gasteiger partial charge in [-0.05, 0) is 37.5 Å². The molecule has 0 saturated carbocycles. The summed E-state index contributed by atoms with van der Waals surface area (Å²) >= 11 is 0. The molecule has 31 heavy (non-hydrogen) atoms. The summed E-state index contributed by atoms with van der Waals surface area (Å²) < 4.78 is 16.1. The summed E-state index contributed by atoms with van der Waals surface area (Å²) in [5.74, 6) is 0.325. The van der Waals surface area contributed by atoms with Crippen molar-refractivity contribution in [3.8, 4) is 0 Å². The quantitative estimate of drug-likeness (QED) is 0.679. The largest absolute Gasteiger partial charge is 0.462 e. The van der Waals surface area contributed by atoms with Crippen molar-refractivity contribution in [2.24, 2.45) is 0 Å². The molecular weight excluding hydrogens is 398 g/mol. The first-order valence-electron chi connectivity index (χ1n) is 10.4. The third-order valence-electron chi connectivity index (χ3n) is 5.29. The number of aryl methyl sites for hydroxylation is 1. The number of anilines is 1. The van der Waals surface area contributed by atoms with Gasteiger partial charge in [0.25, 0.3) is 0 Å². The van der Waals surface area contributed by atoms with Gasteiger partial charge in [0.2, 0.25) is 0 Å². The first-order valence-corrected chi connectivity index (χ1v) is 10.4. The van der Waals surface area contributed by atoms with Crippen molar-refractivity contribution in [2.45, 2.75) is 39.0 Å². The Kier molecular flexibility index (Phi) is 7.83. The fourth-order valence-corrected chi connectivity index (χ4v) is 3.56. The van der Waals surface area contributed by atoms with Crippen molar-refractivity contribution < 1.29 is 23.8 Å². The summed E-state index contributed by atoms with van der Waals surface area (Å²) in [4.78, 5) is 31.0. The van der Waals surface area contributed by atoms with Crippen molar-refractivity contribution in [1.29, 1.82) is 0 Å². The number of methoxy groups -OCH3 is 1. The summed E-state index contributed by atoms with van der Waals surface area (Å²) in [5.41, 5.74) is 2.20. The molecule has 0 aliphatic carbocycles. The van der Waals surface area contributed by atoms with Crippen LogP contribution in [0.25, 0.3) is 0 Å². The summed E-state index contributed by atoms with van der Waals surface area (Å²) in [7, 11) is 1.62. The molecule has 8 heteroatoms. The van der Waals surface area contributed by atoms with E-state index in [0.717, 1.165) is 11.1 Å². The van der Waals surface area contributed by atoms with Crippen LogP contribution in [0.3, 0.4) is 0 Å². The number of ether oxygens (including phenoxy) is 3. The zero-order valence-electron chi connectivity index (χ0n) is 18.2. The van der Waals surface area contributed by atoms with Crippen LogP contribution < -0.4 is 10.2 Å². The molecule has 1 saturated heterocycles. The van der Waals surface area contributed by atoms with Crippen LogP contribution in [0.5, 0.6) is 0 Å². The molecule has 2 atom stereocenters. The van der Waals surface area contributed by atoms with Gasteiger partial charge in [0, 0.05) is 26.4 Å². The zero-order chi connectivity index (χ0) is 22.2. The molecule has 2 aromatic rings. The molecule has 1 aromatic carbocycles. The van der Waals surface area contributed by atoms with Gasteiger partial charge >= 0.3 is 12.1 Å². The lowest BCUT2D eigenvalue weighted by molar-refractivity contribution is 0.0523. The highest BCUT2D eigenvalue weighted by Crippen LogP contribution is 2.22. The first-order chi connectivity index (χ1) is 15.0. The van der Waals surface area contributed by atoms with Crippen LogP contribution in [0.15, 0.2) is 42.6 Å². The minimum absolute atomic E-state index is 0.181. The highest BCUT2D eigenvalue weighted by molar-refractivity contribution is 5.91. The molecule has 1 aliphatic heterocycles. The number of alkyl carbamates (subject to hydrolysis) is 1. The van der Waals surface area contributed by atoms with Crippen molar-refractivity contribution in [2.75, 3.05) is 31.7 Å². The van der Waals surface area contributed by atoms with E-state index in [4.69, 9.17) is 14.2 Å². The number of rotatable bonds is 7. The third-order valence-corrected chi connectivity index (χ3v) is 5.29. The topological polar surface area (TPSA) is 90.0 Å². The molecule has 1 N–H and O–H groups in total. The van der Waals surface area contributed by atoms with Crippen molar-refractivity contribution in [1.82, 2.24) is 10.3 Å². The summed E-state index contributed by atoms with van der Waals surface area (Å²) in [6.45, 7) is 5.33. The van der Waals surface area contributed by atoms with E-state index in [1.165, 1.54) is 0 Å². The van der Waals surface area contributed by atoms with Crippen LogP contribution in [0.4, 0.5) is 10.6 Å². The number of hydrogen-bond donors (Lipinski definition) is 1. The first kappa shape index (κ1) is 22.6. The molecule has 1 aliphatic rings. The molecule has 2 unspecified atom stereocenters. The van der Waals surface area contributed by atoms with Gasteiger partial charge in [0.1, 0.15) is 12.4 Å². The Bertz CT molecular complexity index is 890. The molecule has 1 amide bonds. The van der Waals surface area contributed by atoms with Crippen molar-refractivity contribution in [3.05, 3.63) is 59.3 Å². The summed E-state index contributed by atoms with van der Waals surface area (Å²) in [6.07, 6.45) is 1.62. The maximum Gasteiger partial charge on any atom is 0.407 e. The van der Waals surface area contributed by atoms with E-state index < -0.39 is 6.09 Å². The maximum absolute atomic E-state index is 12.2. The van der Waals surface area contributed by atoms with Gasteiger partial charge in [-0.2, -0.15) is 0 Å². The van der Waals surface area contributed by atoms with Crippen molar-refractivity contribution in [3.63, 3.8) is 0 Å². The van der Waals surface area contributed by atoms with E-state index in [-0.39, 0.29) is 24.7 Å². The number of carbonyl (C=O) groups excluding carboxylic acids is 2. The van der Waals surface area contributed by atoms with Gasteiger partial charge in [-0.15, -0.1) is 0 Å². The van der Waals surface area contributed by atoms with Crippen LogP contribution in [0.1, 0.15) is 34.8 Å². The summed E-state index contributed by atoms with van der Waals surface area (Å²) in [5, 5.41) is 2.91. The highest BCUT2D eigenvalue weighted by atomic mass is 16.5. The van der Waals surface area contributed by atoms with Crippen LogP contribution in [0, 0.1) is 6.92 Å². The molecule has 0 radical (unpaired) electrons. The number of nitrogens with one attached hydrogen (secondary N) is 1. The molecule has 166 valence electrons. The van der Waals surface area contributed by atoms with E-state index in [1.807, 2.05) is 42.2 Å². The molecule has 8 nitrogen and oxygen atoms in total. The monoisotopic (exact) mass is 427 g/mol. The molecule has 2 heterocycles. The Morgan fingerprint density at radius 2 is 2.00 bits per heavy atom. The minimum atomic E-state index is -0.470. The normalized spacial score (nSPS) is 18.4. The Morgan fingerprint density at radius 1 is 1.23 bits per heavy atom. The van der Waals surface area contributed by atoms with Gasteiger partial charge in [-0.3, -0.25) is 0 Å². The predicted molar refractivity (Wildman–Crippen MR) is 116 cm³/mol. The molecule has 1 fully saturated rings. The fraction of sp³-hybridized carbons (Fsp3) is 0.435. The second-order valence-corrected chi connectivity index (χ2v) is 7.40. The Labute approximate surface area is 182 Å². The fourth-order valence-electron chi connectivity index (χ4n) is 3.56. The van der Waals surface area contributed by atoms with Crippen molar-refractivity contribution >= 4 is 17.9 Å². The molecule has 0 bridgehead atoms. The SMILES string of the molecule is CCOC(=O)c1cc(N2CCC(NC(=O)OCc3ccccc3)C(OC)C2)ncc1C. The van der Waals surface area contributed by atoms with Gasteiger partial charge in [-0.1, -0.05) is 30.3 Å². The number of aromatic nitrogens is 1. The Balaban J connectivity index is 1.59. The Hall–Kier alpha value is -3.13. The van der Waals surface area contributed by atoms with Crippen LogP contribution >= 0.6 is 0 Å². The predicted octanol–water partition coefficient (Wildman–Crippen LogP) is 3.09. The van der Waals surface area contributed by atoms with E-state index in [1.54, 1.807) is 26.3 Å². The number of piperidine rings is 1. The van der Waals surface area contributed by atoms with Gasteiger partial charge in [-0.25, -0.2) is 14.6 Å². The summed E-state index contributed by atoms with van der Waals surface area (Å²) in [6, 6.07) is 11.1. The maximum atomic E-state index is 12.2. The lowest BCUT2D eigenvalue weighted by Crippen LogP contribution is -2.55. The van der Waals surface area contributed by atoms with Crippen LogP contribution in [-0.4, -0.2) is 56.0 Å². The minimum Gasteiger partial charge on any atom is -0.462 e. The smallest absolute Gasteiger partial charge is 0.407 e. The van der Waals surface area contributed by atoms with E-state index in [2.05, 4.69) is 10.3 Å². The highest BCUT2D eigenvalue weighted by Gasteiger charge is 2.32. The number of nitrogens with zero attached hydrogens (tertiary/aromatic N) is 2. The van der Waals surface area contributed by atoms with Gasteiger partial charge in [0.15, 0.2) is 0 Å². The van der Waals surface area contributed by atoms with E-state index in [0.29, 0.717) is 37.5 Å². The number of benzene rings is 1. The average Bonchev–Trinajstić information content (AvgIpc) is 2.79. The molecular formula is C23H29N3O5. The molecule has 0 spiro atoms. The number of pyridine rings is 1. The second kappa shape index (κ2) is 10.8. The Morgan fingerprint density at radius 3 is 2.71 bits per heavy atom. The number of esters is 1. The lowest BCUT2D eigenvalue weighted by Gasteiger charge is -2.38.